The Balaban J connectivity index is 1.43. The average Bonchev–Trinajstić information content (AvgIpc) is 3.26. The number of pyridine rings is 1. The van der Waals surface area contributed by atoms with Gasteiger partial charge in [0.2, 0.25) is 11.8 Å². The van der Waals surface area contributed by atoms with E-state index in [9.17, 15) is 19.2 Å². The number of fused-ring (bicyclic) bond motifs is 1. The predicted octanol–water partition coefficient (Wildman–Crippen LogP) is 6.45. The lowest BCUT2D eigenvalue weighted by Gasteiger charge is -2.28. The van der Waals surface area contributed by atoms with Crippen molar-refractivity contribution >= 4 is 51.1 Å². The Morgan fingerprint density at radius 1 is 1.10 bits per heavy atom. The van der Waals surface area contributed by atoms with E-state index < -0.39 is 35.3 Å². The molecule has 2 aliphatic rings. The van der Waals surface area contributed by atoms with Crippen LogP contribution in [0, 0.1) is 18.3 Å². The number of ketones is 1. The van der Waals surface area contributed by atoms with Gasteiger partial charge in [-0.1, -0.05) is 32.9 Å². The highest BCUT2D eigenvalue weighted by molar-refractivity contribution is 7.14. The SMILES string of the molecule is C=CC1CC1(NC(=O)C1CC(Oc2cc(-c3csc(NC(=O)CC(C)(C)C)n3)nc3cc(C)ccc23)CN1C(=O)OC(C)(C)C)C(C)=O. The van der Waals surface area contributed by atoms with Gasteiger partial charge in [0.1, 0.15) is 34.7 Å². The molecule has 2 aromatic heterocycles. The fourth-order valence-corrected chi connectivity index (χ4v) is 6.70. The largest absolute Gasteiger partial charge is 0.488 e. The van der Waals surface area contributed by atoms with Gasteiger partial charge in [-0.05, 0) is 64.2 Å². The van der Waals surface area contributed by atoms with Gasteiger partial charge in [-0.2, -0.15) is 0 Å². The van der Waals surface area contributed by atoms with E-state index in [4.69, 9.17) is 14.5 Å². The van der Waals surface area contributed by atoms with Gasteiger partial charge in [0.25, 0.3) is 0 Å². The number of aromatic nitrogens is 2. The summed E-state index contributed by atoms with van der Waals surface area (Å²) in [6.45, 7) is 18.6. The van der Waals surface area contributed by atoms with Crippen LogP contribution in [-0.4, -0.2) is 68.4 Å². The van der Waals surface area contributed by atoms with Crippen LogP contribution in [0.3, 0.4) is 0 Å². The second kappa shape index (κ2) is 12.9. The Hall–Kier alpha value is -4.32. The summed E-state index contributed by atoms with van der Waals surface area (Å²) in [6.07, 6.45) is 1.48. The minimum absolute atomic E-state index is 0.0939. The predicted molar refractivity (Wildman–Crippen MR) is 186 cm³/mol. The number of aryl methyl sites for hydroxylation is 1. The molecule has 12 heteroatoms. The van der Waals surface area contributed by atoms with Crippen LogP contribution in [0.2, 0.25) is 0 Å². The summed E-state index contributed by atoms with van der Waals surface area (Å²) in [5.74, 6) is -0.345. The third kappa shape index (κ3) is 7.86. The van der Waals surface area contributed by atoms with Crippen molar-refractivity contribution in [1.82, 2.24) is 20.2 Å². The molecule has 3 aromatic rings. The number of likely N-dealkylation sites (tertiary alicyclic amines) is 1. The van der Waals surface area contributed by atoms with E-state index in [0.717, 1.165) is 10.9 Å². The zero-order chi connectivity index (χ0) is 35.2. The van der Waals surface area contributed by atoms with E-state index in [2.05, 4.69) is 22.2 Å². The Bertz CT molecular complexity index is 1770. The molecule has 0 spiro atoms. The van der Waals surface area contributed by atoms with Gasteiger partial charge in [0, 0.05) is 35.6 Å². The lowest BCUT2D eigenvalue weighted by molar-refractivity contribution is -0.130. The van der Waals surface area contributed by atoms with Crippen LogP contribution < -0.4 is 15.4 Å². The zero-order valence-electron chi connectivity index (χ0n) is 28.9. The second-order valence-electron chi connectivity index (χ2n) is 15.0. The molecule has 48 heavy (non-hydrogen) atoms. The number of hydrogen-bond donors (Lipinski definition) is 2. The lowest BCUT2D eigenvalue weighted by atomic mass is 9.92. The number of benzene rings is 1. The number of nitrogens with one attached hydrogen (secondary N) is 2. The fourth-order valence-electron chi connectivity index (χ4n) is 5.97. The lowest BCUT2D eigenvalue weighted by Crippen LogP contribution is -2.53. The molecule has 1 aromatic carbocycles. The molecule has 2 N–H and O–H groups in total. The molecular formula is C36H45N5O6S. The molecule has 256 valence electrons. The number of amides is 3. The summed E-state index contributed by atoms with van der Waals surface area (Å²) in [6, 6.07) is 6.73. The van der Waals surface area contributed by atoms with Crippen LogP contribution in [0.4, 0.5) is 9.93 Å². The van der Waals surface area contributed by atoms with Crippen LogP contribution in [0.15, 0.2) is 42.3 Å². The summed E-state index contributed by atoms with van der Waals surface area (Å²) in [7, 11) is 0. The number of thiazole rings is 1. The number of carbonyl (C=O) groups excluding carboxylic acids is 4. The van der Waals surface area contributed by atoms with Crippen molar-refractivity contribution in [3.8, 4) is 17.1 Å². The first-order valence-electron chi connectivity index (χ1n) is 16.2. The maximum atomic E-state index is 13.7. The Morgan fingerprint density at radius 2 is 1.83 bits per heavy atom. The van der Waals surface area contributed by atoms with E-state index in [1.807, 2.05) is 51.3 Å². The third-order valence-electron chi connectivity index (χ3n) is 8.39. The van der Waals surface area contributed by atoms with Gasteiger partial charge < -0.3 is 20.1 Å². The first-order valence-corrected chi connectivity index (χ1v) is 17.0. The van der Waals surface area contributed by atoms with E-state index in [0.29, 0.717) is 40.6 Å². The zero-order valence-corrected chi connectivity index (χ0v) is 29.7. The van der Waals surface area contributed by atoms with Crippen molar-refractivity contribution in [2.24, 2.45) is 11.3 Å². The fraction of sp³-hybridized carbons (Fsp3) is 0.500. The molecule has 0 radical (unpaired) electrons. The Kier molecular flexibility index (Phi) is 9.44. The van der Waals surface area contributed by atoms with Crippen molar-refractivity contribution in [2.75, 3.05) is 11.9 Å². The molecule has 4 unspecified atom stereocenters. The summed E-state index contributed by atoms with van der Waals surface area (Å²) in [5.41, 5.74) is 0.885. The summed E-state index contributed by atoms with van der Waals surface area (Å²) < 4.78 is 12.3. The van der Waals surface area contributed by atoms with E-state index in [1.165, 1.54) is 23.2 Å². The number of anilines is 1. The third-order valence-corrected chi connectivity index (χ3v) is 9.15. The number of ether oxygens (including phenoxy) is 2. The van der Waals surface area contributed by atoms with Crippen LogP contribution in [0.5, 0.6) is 5.75 Å². The van der Waals surface area contributed by atoms with Crippen LogP contribution in [-0.2, 0) is 19.1 Å². The van der Waals surface area contributed by atoms with Crippen molar-refractivity contribution in [2.45, 2.75) is 97.9 Å². The van der Waals surface area contributed by atoms with E-state index >= 15 is 0 Å². The van der Waals surface area contributed by atoms with Crippen LogP contribution in [0.1, 0.15) is 73.3 Å². The smallest absolute Gasteiger partial charge is 0.411 e. The van der Waals surface area contributed by atoms with Crippen LogP contribution >= 0.6 is 11.3 Å². The molecule has 3 heterocycles. The van der Waals surface area contributed by atoms with Crippen molar-refractivity contribution in [1.29, 1.82) is 0 Å². The minimum atomic E-state index is -1.01. The monoisotopic (exact) mass is 675 g/mol. The molecule has 1 aliphatic carbocycles. The molecule has 1 aliphatic heterocycles. The Morgan fingerprint density at radius 3 is 2.46 bits per heavy atom. The first kappa shape index (κ1) is 35.0. The van der Waals surface area contributed by atoms with Gasteiger partial charge in [0.15, 0.2) is 10.9 Å². The number of carbonyl (C=O) groups is 4. The quantitative estimate of drug-likeness (QED) is 0.247. The molecular weight excluding hydrogens is 630 g/mol. The van der Waals surface area contributed by atoms with Crippen molar-refractivity contribution in [3.05, 3.63) is 47.9 Å². The van der Waals surface area contributed by atoms with Gasteiger partial charge in [-0.15, -0.1) is 17.9 Å². The molecule has 1 saturated carbocycles. The van der Waals surface area contributed by atoms with Crippen molar-refractivity contribution in [3.63, 3.8) is 0 Å². The normalized spacial score (nSPS) is 22.2. The maximum absolute atomic E-state index is 13.7. The molecule has 5 rings (SSSR count). The average molecular weight is 676 g/mol. The summed E-state index contributed by atoms with van der Waals surface area (Å²) in [5, 5.41) is 8.88. The van der Waals surface area contributed by atoms with E-state index in [1.54, 1.807) is 32.9 Å². The summed E-state index contributed by atoms with van der Waals surface area (Å²) in [4.78, 5) is 63.1. The van der Waals surface area contributed by atoms with Gasteiger partial charge in [-0.3, -0.25) is 19.3 Å². The van der Waals surface area contributed by atoms with Gasteiger partial charge in [-0.25, -0.2) is 14.8 Å². The number of rotatable bonds is 9. The second-order valence-corrected chi connectivity index (χ2v) is 15.9. The molecule has 11 nitrogen and oxygen atoms in total. The van der Waals surface area contributed by atoms with Gasteiger partial charge >= 0.3 is 6.09 Å². The summed E-state index contributed by atoms with van der Waals surface area (Å²) >= 11 is 1.31. The highest BCUT2D eigenvalue weighted by Gasteiger charge is 2.58. The van der Waals surface area contributed by atoms with Crippen LogP contribution in [0.25, 0.3) is 22.3 Å². The number of nitrogens with zero attached hydrogens (tertiary/aromatic N) is 3. The van der Waals surface area contributed by atoms with Crippen molar-refractivity contribution < 1.29 is 28.7 Å². The molecule has 3 amide bonds. The standard InChI is InChI=1S/C36H45N5O6S/c1-10-22-16-36(22,21(3)42)40-31(44)28-14-23(18-41(28)33(45)47-35(7,8)9)46-29-15-26(37-25-13-20(2)11-12-24(25)29)27-19-48-32(38-27)39-30(43)17-34(4,5)6/h10-13,15,19,22-23,28H,1,14,16-18H2,2-9H3,(H,40,44)(H,38,39,43). The molecule has 4 atom stereocenters. The molecule has 2 fully saturated rings. The highest BCUT2D eigenvalue weighted by atomic mass is 32.1. The van der Waals surface area contributed by atoms with Gasteiger partial charge in [0.05, 0.1) is 17.8 Å². The maximum Gasteiger partial charge on any atom is 0.411 e. The minimum Gasteiger partial charge on any atom is -0.488 e. The number of hydrogen-bond acceptors (Lipinski definition) is 9. The molecule has 0 bridgehead atoms. The Labute approximate surface area is 285 Å². The highest BCUT2D eigenvalue weighted by Crippen LogP contribution is 2.45. The molecule has 1 saturated heterocycles. The topological polar surface area (TPSA) is 140 Å². The first-order chi connectivity index (χ1) is 22.4. The number of Topliss-reactive ketones (excluding diaryl/α,β-unsaturated/α-hetero) is 1. The van der Waals surface area contributed by atoms with E-state index in [-0.39, 0.29) is 36.0 Å².